The molecule has 0 fully saturated rings. The average Bonchev–Trinajstić information content (AvgIpc) is 2.35. The monoisotopic (exact) mass is 284 g/mol. The summed E-state index contributed by atoms with van der Waals surface area (Å²) in [6, 6.07) is 6.26. The summed E-state index contributed by atoms with van der Waals surface area (Å²) in [5.41, 5.74) is 0.665. The van der Waals surface area contributed by atoms with Crippen molar-refractivity contribution in [3.63, 3.8) is 0 Å². The van der Waals surface area contributed by atoms with E-state index in [1.807, 2.05) is 10.8 Å². The Labute approximate surface area is 110 Å². The number of sulfonamides is 1. The lowest BCUT2D eigenvalue weighted by Crippen LogP contribution is -2.43. The van der Waals surface area contributed by atoms with Crippen molar-refractivity contribution in [1.82, 2.24) is 4.72 Å². The Morgan fingerprint density at radius 3 is 2.68 bits per heavy atom. The van der Waals surface area contributed by atoms with Gasteiger partial charge < -0.3 is 10.2 Å². The van der Waals surface area contributed by atoms with E-state index in [1.54, 1.807) is 0 Å². The standard InChI is InChI=1S/C11H12N2O5S/c12-5-8-2-1-3-9(4-8)7-19(17,18)13-10(6-14)11(15)16/h1-4,10,13-14H,6-7H2,(H,15,16). The summed E-state index contributed by atoms with van der Waals surface area (Å²) in [7, 11) is -3.92. The fraction of sp³-hybridized carbons (Fsp3) is 0.273. The zero-order chi connectivity index (χ0) is 14.5. The number of carbonyl (C=O) groups is 1. The van der Waals surface area contributed by atoms with Crippen LogP contribution in [-0.2, 0) is 20.6 Å². The fourth-order valence-electron chi connectivity index (χ4n) is 1.37. The zero-order valence-corrected chi connectivity index (χ0v) is 10.6. The SMILES string of the molecule is N#Cc1cccc(CS(=O)(=O)NC(CO)C(=O)O)c1. The predicted octanol–water partition coefficient (Wildman–Crippen LogP) is -0.577. The molecular formula is C11H12N2O5S. The van der Waals surface area contributed by atoms with Crippen LogP contribution in [0.3, 0.4) is 0 Å². The van der Waals surface area contributed by atoms with E-state index in [0.29, 0.717) is 11.1 Å². The van der Waals surface area contributed by atoms with Crippen molar-refractivity contribution < 1.29 is 23.4 Å². The molecule has 0 saturated carbocycles. The van der Waals surface area contributed by atoms with Crippen LogP contribution in [0.25, 0.3) is 0 Å². The van der Waals surface area contributed by atoms with E-state index < -0.39 is 34.4 Å². The Morgan fingerprint density at radius 1 is 1.47 bits per heavy atom. The number of aliphatic carboxylic acids is 1. The molecule has 0 amide bonds. The third kappa shape index (κ3) is 4.67. The quantitative estimate of drug-likeness (QED) is 0.641. The minimum atomic E-state index is -3.92. The smallest absolute Gasteiger partial charge is 0.324 e. The second-order valence-electron chi connectivity index (χ2n) is 3.76. The van der Waals surface area contributed by atoms with E-state index in [2.05, 4.69) is 0 Å². The second kappa shape index (κ2) is 6.29. The minimum absolute atomic E-state index is 0.310. The molecule has 0 aliphatic heterocycles. The normalized spacial score (nSPS) is 12.6. The van der Waals surface area contributed by atoms with Gasteiger partial charge in [0.15, 0.2) is 0 Å². The first-order valence-electron chi connectivity index (χ1n) is 5.20. The lowest BCUT2D eigenvalue weighted by Gasteiger charge is -2.12. The van der Waals surface area contributed by atoms with Crippen molar-refractivity contribution in [1.29, 1.82) is 5.26 Å². The second-order valence-corrected chi connectivity index (χ2v) is 5.52. The maximum atomic E-state index is 11.7. The third-order valence-electron chi connectivity index (χ3n) is 2.22. The van der Waals surface area contributed by atoms with Gasteiger partial charge in [0.05, 0.1) is 24.0 Å². The number of nitrogens with one attached hydrogen (secondary N) is 1. The van der Waals surface area contributed by atoms with Crippen LogP contribution < -0.4 is 4.72 Å². The zero-order valence-electron chi connectivity index (χ0n) is 9.78. The van der Waals surface area contributed by atoms with E-state index in [0.717, 1.165) is 0 Å². The van der Waals surface area contributed by atoms with Crippen molar-refractivity contribution in [3.05, 3.63) is 35.4 Å². The Bertz CT molecular complexity index is 606. The van der Waals surface area contributed by atoms with Crippen LogP contribution in [-0.4, -0.2) is 37.2 Å². The lowest BCUT2D eigenvalue weighted by atomic mass is 10.2. The number of rotatable bonds is 6. The molecule has 102 valence electrons. The third-order valence-corrected chi connectivity index (χ3v) is 3.57. The molecule has 0 aliphatic carbocycles. The molecule has 0 bridgehead atoms. The van der Waals surface area contributed by atoms with Gasteiger partial charge in [-0.05, 0) is 17.7 Å². The highest BCUT2D eigenvalue weighted by molar-refractivity contribution is 7.88. The Kier molecular flexibility index (Phi) is 5.00. The number of nitrogens with zero attached hydrogens (tertiary/aromatic N) is 1. The molecule has 7 nitrogen and oxygen atoms in total. The Hall–Kier alpha value is -1.95. The lowest BCUT2D eigenvalue weighted by molar-refractivity contribution is -0.139. The summed E-state index contributed by atoms with van der Waals surface area (Å²) in [5, 5.41) is 26.1. The molecule has 1 aromatic carbocycles. The van der Waals surface area contributed by atoms with E-state index in [4.69, 9.17) is 15.5 Å². The molecule has 19 heavy (non-hydrogen) atoms. The molecule has 0 spiro atoms. The highest BCUT2D eigenvalue weighted by Crippen LogP contribution is 2.08. The van der Waals surface area contributed by atoms with Gasteiger partial charge in [-0.2, -0.15) is 9.98 Å². The molecule has 0 aliphatic rings. The molecule has 1 atom stereocenters. The van der Waals surface area contributed by atoms with Crippen molar-refractivity contribution in [2.24, 2.45) is 0 Å². The van der Waals surface area contributed by atoms with E-state index >= 15 is 0 Å². The first-order chi connectivity index (χ1) is 8.88. The van der Waals surface area contributed by atoms with Gasteiger partial charge in [-0.15, -0.1) is 0 Å². The maximum absolute atomic E-state index is 11.7. The van der Waals surface area contributed by atoms with Crippen molar-refractivity contribution in [3.8, 4) is 6.07 Å². The molecule has 1 aromatic rings. The largest absolute Gasteiger partial charge is 0.480 e. The van der Waals surface area contributed by atoms with Crippen molar-refractivity contribution >= 4 is 16.0 Å². The molecule has 1 rings (SSSR count). The van der Waals surface area contributed by atoms with Crippen LogP contribution in [0.2, 0.25) is 0 Å². The van der Waals surface area contributed by atoms with E-state index in [-0.39, 0.29) is 0 Å². The van der Waals surface area contributed by atoms with Crippen LogP contribution in [0, 0.1) is 11.3 Å². The summed E-state index contributed by atoms with van der Waals surface area (Å²) in [6.07, 6.45) is 0. The molecule has 0 saturated heterocycles. The number of benzene rings is 1. The number of carboxylic acid groups (broad SMARTS) is 1. The highest BCUT2D eigenvalue weighted by Gasteiger charge is 2.23. The number of hydrogen-bond donors (Lipinski definition) is 3. The number of hydrogen-bond acceptors (Lipinski definition) is 5. The van der Waals surface area contributed by atoms with Gasteiger partial charge in [-0.25, -0.2) is 8.42 Å². The van der Waals surface area contributed by atoms with Gasteiger partial charge in [0.2, 0.25) is 10.0 Å². The van der Waals surface area contributed by atoms with Gasteiger partial charge in [-0.1, -0.05) is 12.1 Å². The summed E-state index contributed by atoms with van der Waals surface area (Å²) in [4.78, 5) is 10.6. The minimum Gasteiger partial charge on any atom is -0.480 e. The predicted molar refractivity (Wildman–Crippen MR) is 65.4 cm³/mol. The van der Waals surface area contributed by atoms with Crippen molar-refractivity contribution in [2.45, 2.75) is 11.8 Å². The van der Waals surface area contributed by atoms with Crippen LogP contribution in [0.1, 0.15) is 11.1 Å². The highest BCUT2D eigenvalue weighted by atomic mass is 32.2. The van der Waals surface area contributed by atoms with Gasteiger partial charge in [0.25, 0.3) is 0 Å². The van der Waals surface area contributed by atoms with Crippen LogP contribution >= 0.6 is 0 Å². The molecule has 1 unspecified atom stereocenters. The molecular weight excluding hydrogens is 272 g/mol. The van der Waals surface area contributed by atoms with Crippen LogP contribution in [0.4, 0.5) is 0 Å². The molecule has 0 radical (unpaired) electrons. The Morgan fingerprint density at radius 2 is 2.16 bits per heavy atom. The first kappa shape index (κ1) is 15.1. The van der Waals surface area contributed by atoms with E-state index in [1.165, 1.54) is 24.3 Å². The molecule has 0 heterocycles. The van der Waals surface area contributed by atoms with Gasteiger partial charge >= 0.3 is 5.97 Å². The van der Waals surface area contributed by atoms with Crippen LogP contribution in [0.15, 0.2) is 24.3 Å². The van der Waals surface area contributed by atoms with Crippen molar-refractivity contribution in [2.75, 3.05) is 6.61 Å². The molecule has 0 aromatic heterocycles. The first-order valence-corrected chi connectivity index (χ1v) is 6.86. The van der Waals surface area contributed by atoms with Crippen LogP contribution in [0.5, 0.6) is 0 Å². The fourth-order valence-corrected chi connectivity index (χ4v) is 2.68. The van der Waals surface area contributed by atoms with Gasteiger partial charge in [-0.3, -0.25) is 4.79 Å². The van der Waals surface area contributed by atoms with E-state index in [9.17, 15) is 13.2 Å². The number of aliphatic hydroxyl groups is 1. The topological polar surface area (TPSA) is 127 Å². The van der Waals surface area contributed by atoms with Gasteiger partial charge in [0, 0.05) is 0 Å². The number of nitriles is 1. The number of aliphatic hydroxyl groups excluding tert-OH is 1. The van der Waals surface area contributed by atoms with Gasteiger partial charge in [0.1, 0.15) is 6.04 Å². The maximum Gasteiger partial charge on any atom is 0.324 e. The Balaban J connectivity index is 2.85. The molecule has 3 N–H and O–H groups in total. The molecule has 8 heteroatoms. The average molecular weight is 284 g/mol. The summed E-state index contributed by atoms with van der Waals surface area (Å²) >= 11 is 0. The summed E-state index contributed by atoms with van der Waals surface area (Å²) in [5.74, 6) is -1.93. The summed E-state index contributed by atoms with van der Waals surface area (Å²) in [6.45, 7) is -0.840. The summed E-state index contributed by atoms with van der Waals surface area (Å²) < 4.78 is 25.3. The number of carboxylic acids is 1.